The summed E-state index contributed by atoms with van der Waals surface area (Å²) in [5, 5.41) is 5.13. The number of hydrogen-bond donors (Lipinski definition) is 0. The van der Waals surface area contributed by atoms with Crippen LogP contribution in [0.2, 0.25) is 5.02 Å². The molecule has 0 saturated carbocycles. The third-order valence-electron chi connectivity index (χ3n) is 3.07. The Hall–Kier alpha value is -2.06. The maximum atomic E-state index is 6.20. The summed E-state index contributed by atoms with van der Waals surface area (Å²) in [4.78, 5) is 0. The fourth-order valence-corrected chi connectivity index (χ4v) is 2.24. The molecule has 0 radical (unpaired) electrons. The molecular weight excluding hydrogens is 256 g/mol. The molecule has 0 aliphatic rings. The first kappa shape index (κ1) is 12.0. The van der Waals surface area contributed by atoms with Gasteiger partial charge in [0.25, 0.3) is 0 Å². The lowest BCUT2D eigenvalue weighted by atomic mass is 10.1. The van der Waals surface area contributed by atoms with Crippen molar-refractivity contribution in [3.8, 4) is 16.8 Å². The second-order valence-electron chi connectivity index (χ2n) is 4.49. The van der Waals surface area contributed by atoms with Crippen LogP contribution < -0.4 is 0 Å². The Balaban J connectivity index is 2.00. The van der Waals surface area contributed by atoms with E-state index in [1.807, 2.05) is 41.3 Å². The van der Waals surface area contributed by atoms with Gasteiger partial charge in [-0.3, -0.25) is 0 Å². The van der Waals surface area contributed by atoms with Crippen molar-refractivity contribution in [2.75, 3.05) is 0 Å². The lowest BCUT2D eigenvalue weighted by molar-refractivity contribution is 0.880. The molecule has 94 valence electrons. The molecule has 0 atom stereocenters. The minimum Gasteiger partial charge on any atom is -0.240 e. The van der Waals surface area contributed by atoms with E-state index in [1.165, 1.54) is 5.56 Å². The summed E-state index contributed by atoms with van der Waals surface area (Å²) in [5.41, 5.74) is 4.31. The van der Waals surface area contributed by atoms with Gasteiger partial charge < -0.3 is 0 Å². The molecule has 19 heavy (non-hydrogen) atoms. The van der Waals surface area contributed by atoms with Crippen LogP contribution in [0.15, 0.2) is 60.9 Å². The summed E-state index contributed by atoms with van der Waals surface area (Å²) in [7, 11) is 0. The summed E-state index contributed by atoms with van der Waals surface area (Å²) in [6.07, 6.45) is 3.83. The molecule has 1 heterocycles. The molecular formula is C16H13ClN2. The molecule has 2 aromatic carbocycles. The van der Waals surface area contributed by atoms with Crippen molar-refractivity contribution in [1.82, 2.24) is 9.78 Å². The van der Waals surface area contributed by atoms with E-state index in [4.69, 9.17) is 11.6 Å². The summed E-state index contributed by atoms with van der Waals surface area (Å²) in [6.45, 7) is 2.07. The van der Waals surface area contributed by atoms with Gasteiger partial charge in [-0.05, 0) is 25.1 Å². The predicted octanol–water partition coefficient (Wildman–Crippen LogP) is 4.50. The highest BCUT2D eigenvalue weighted by Crippen LogP contribution is 2.27. The molecule has 0 spiro atoms. The van der Waals surface area contributed by atoms with Gasteiger partial charge in [0.15, 0.2) is 0 Å². The second kappa shape index (κ2) is 4.90. The molecule has 2 nitrogen and oxygen atoms in total. The maximum absolute atomic E-state index is 6.20. The standard InChI is InChI=1S/C16H13ClN2/c1-12-6-8-14(9-7-12)19-11-13(10-18-19)15-4-2-3-5-16(15)17/h2-11H,1H3. The Morgan fingerprint density at radius 3 is 2.47 bits per heavy atom. The number of aromatic nitrogens is 2. The van der Waals surface area contributed by atoms with Crippen LogP contribution in [0.3, 0.4) is 0 Å². The lowest BCUT2D eigenvalue weighted by Gasteiger charge is -2.02. The molecule has 0 saturated heterocycles. The zero-order chi connectivity index (χ0) is 13.2. The van der Waals surface area contributed by atoms with E-state index >= 15 is 0 Å². The SMILES string of the molecule is Cc1ccc(-n2cc(-c3ccccc3Cl)cn2)cc1. The summed E-state index contributed by atoms with van der Waals surface area (Å²) in [5.74, 6) is 0. The van der Waals surface area contributed by atoms with Crippen LogP contribution in [0.1, 0.15) is 5.56 Å². The van der Waals surface area contributed by atoms with Gasteiger partial charge in [-0.1, -0.05) is 47.5 Å². The Bertz CT molecular complexity index is 699. The number of nitrogens with zero attached hydrogens (tertiary/aromatic N) is 2. The van der Waals surface area contributed by atoms with Gasteiger partial charge in [0.2, 0.25) is 0 Å². The quantitative estimate of drug-likeness (QED) is 0.669. The summed E-state index contributed by atoms with van der Waals surface area (Å²) < 4.78 is 1.86. The average molecular weight is 269 g/mol. The number of halogens is 1. The van der Waals surface area contributed by atoms with Crippen LogP contribution in [-0.2, 0) is 0 Å². The average Bonchev–Trinajstić information content (AvgIpc) is 2.89. The molecule has 0 fully saturated rings. The monoisotopic (exact) mass is 268 g/mol. The molecule has 0 amide bonds. The molecule has 0 bridgehead atoms. The van der Waals surface area contributed by atoms with Gasteiger partial charge in [0.05, 0.1) is 11.9 Å². The normalized spacial score (nSPS) is 10.6. The molecule has 1 aromatic heterocycles. The Morgan fingerprint density at radius 2 is 1.74 bits per heavy atom. The van der Waals surface area contributed by atoms with Gasteiger partial charge >= 0.3 is 0 Å². The van der Waals surface area contributed by atoms with Crippen molar-refractivity contribution in [3.05, 3.63) is 71.5 Å². The fourth-order valence-electron chi connectivity index (χ4n) is 2.00. The third kappa shape index (κ3) is 2.40. The first-order chi connectivity index (χ1) is 9.24. The van der Waals surface area contributed by atoms with Crippen LogP contribution in [0, 0.1) is 6.92 Å². The number of aryl methyl sites for hydroxylation is 1. The highest BCUT2D eigenvalue weighted by Gasteiger charge is 2.06. The Labute approximate surface area is 117 Å². The lowest BCUT2D eigenvalue weighted by Crippen LogP contribution is -1.93. The van der Waals surface area contributed by atoms with Gasteiger partial charge in [0, 0.05) is 22.3 Å². The first-order valence-electron chi connectivity index (χ1n) is 6.11. The summed E-state index contributed by atoms with van der Waals surface area (Å²) in [6, 6.07) is 16.1. The van der Waals surface area contributed by atoms with Crippen LogP contribution in [0.4, 0.5) is 0 Å². The van der Waals surface area contributed by atoms with E-state index in [-0.39, 0.29) is 0 Å². The van der Waals surface area contributed by atoms with Crippen molar-refractivity contribution in [2.45, 2.75) is 6.92 Å². The van der Waals surface area contributed by atoms with Crippen molar-refractivity contribution in [1.29, 1.82) is 0 Å². The Kier molecular flexibility index (Phi) is 3.10. The highest BCUT2D eigenvalue weighted by atomic mass is 35.5. The van der Waals surface area contributed by atoms with Crippen LogP contribution in [-0.4, -0.2) is 9.78 Å². The van der Waals surface area contributed by atoms with Gasteiger partial charge in [-0.2, -0.15) is 5.10 Å². The minimum atomic E-state index is 0.742. The van der Waals surface area contributed by atoms with E-state index in [9.17, 15) is 0 Å². The number of rotatable bonds is 2. The van der Waals surface area contributed by atoms with Crippen molar-refractivity contribution >= 4 is 11.6 Å². The van der Waals surface area contributed by atoms with Crippen LogP contribution >= 0.6 is 11.6 Å². The molecule has 3 rings (SSSR count). The molecule has 0 unspecified atom stereocenters. The van der Waals surface area contributed by atoms with Gasteiger partial charge in [-0.25, -0.2) is 4.68 Å². The Morgan fingerprint density at radius 1 is 1.00 bits per heavy atom. The fraction of sp³-hybridized carbons (Fsp3) is 0.0625. The van der Waals surface area contributed by atoms with Crippen LogP contribution in [0.5, 0.6) is 0 Å². The van der Waals surface area contributed by atoms with Gasteiger partial charge in [0.1, 0.15) is 0 Å². The molecule has 3 heteroatoms. The molecule has 0 N–H and O–H groups in total. The minimum absolute atomic E-state index is 0.742. The first-order valence-corrected chi connectivity index (χ1v) is 6.48. The largest absolute Gasteiger partial charge is 0.240 e. The number of benzene rings is 2. The third-order valence-corrected chi connectivity index (χ3v) is 3.40. The van der Waals surface area contributed by atoms with E-state index in [2.05, 4.69) is 36.3 Å². The predicted molar refractivity (Wildman–Crippen MR) is 78.7 cm³/mol. The van der Waals surface area contributed by atoms with Crippen molar-refractivity contribution in [2.24, 2.45) is 0 Å². The van der Waals surface area contributed by atoms with E-state index in [0.29, 0.717) is 0 Å². The van der Waals surface area contributed by atoms with Crippen molar-refractivity contribution < 1.29 is 0 Å². The van der Waals surface area contributed by atoms with E-state index < -0.39 is 0 Å². The number of hydrogen-bond acceptors (Lipinski definition) is 1. The van der Waals surface area contributed by atoms with Gasteiger partial charge in [-0.15, -0.1) is 0 Å². The van der Waals surface area contributed by atoms with E-state index in [0.717, 1.165) is 21.8 Å². The van der Waals surface area contributed by atoms with Crippen LogP contribution in [0.25, 0.3) is 16.8 Å². The maximum Gasteiger partial charge on any atom is 0.0645 e. The summed E-state index contributed by atoms with van der Waals surface area (Å²) >= 11 is 6.20. The molecule has 3 aromatic rings. The second-order valence-corrected chi connectivity index (χ2v) is 4.90. The zero-order valence-corrected chi connectivity index (χ0v) is 11.3. The smallest absolute Gasteiger partial charge is 0.0645 e. The van der Waals surface area contributed by atoms with Crippen molar-refractivity contribution in [3.63, 3.8) is 0 Å². The van der Waals surface area contributed by atoms with E-state index in [1.54, 1.807) is 0 Å². The molecule has 0 aliphatic carbocycles. The highest BCUT2D eigenvalue weighted by molar-refractivity contribution is 6.33. The zero-order valence-electron chi connectivity index (χ0n) is 10.5. The molecule has 0 aliphatic heterocycles. The topological polar surface area (TPSA) is 17.8 Å².